The molecule has 6 nitrogen and oxygen atoms in total. The van der Waals surface area contributed by atoms with Crippen molar-refractivity contribution in [2.24, 2.45) is 0 Å². The first-order chi connectivity index (χ1) is 14.1. The third-order valence-electron chi connectivity index (χ3n) is 6.01. The van der Waals surface area contributed by atoms with E-state index in [4.69, 9.17) is 4.98 Å². The van der Waals surface area contributed by atoms with Gasteiger partial charge in [-0.3, -0.25) is 9.59 Å². The number of carbonyl (C=O) groups excluding carboxylic acids is 2. The summed E-state index contributed by atoms with van der Waals surface area (Å²) in [5.41, 5.74) is 3.30. The van der Waals surface area contributed by atoms with Gasteiger partial charge in [-0.25, -0.2) is 9.97 Å². The van der Waals surface area contributed by atoms with Crippen molar-refractivity contribution in [3.8, 4) is 0 Å². The fourth-order valence-corrected chi connectivity index (χ4v) is 4.27. The average molecular weight is 393 g/mol. The maximum absolute atomic E-state index is 12.6. The molecule has 6 heteroatoms. The molecule has 3 heterocycles. The van der Waals surface area contributed by atoms with Crippen molar-refractivity contribution in [1.29, 1.82) is 0 Å². The van der Waals surface area contributed by atoms with Gasteiger partial charge in [0.05, 0.1) is 5.69 Å². The molecule has 1 atom stereocenters. The molecule has 152 valence electrons. The molecule has 2 aliphatic rings. The second-order valence-corrected chi connectivity index (χ2v) is 8.06. The molecule has 0 unspecified atom stereocenters. The Morgan fingerprint density at radius 2 is 1.97 bits per heavy atom. The van der Waals surface area contributed by atoms with Crippen LogP contribution in [0.2, 0.25) is 0 Å². The van der Waals surface area contributed by atoms with Crippen molar-refractivity contribution < 1.29 is 9.59 Å². The van der Waals surface area contributed by atoms with Gasteiger partial charge in [0.1, 0.15) is 5.82 Å². The number of nitrogens with zero attached hydrogens (tertiary/aromatic N) is 4. The largest absolute Gasteiger partial charge is 0.342 e. The highest BCUT2D eigenvalue weighted by Crippen LogP contribution is 2.26. The summed E-state index contributed by atoms with van der Waals surface area (Å²) in [5.74, 6) is 1.37. The number of amides is 2. The molecular weight excluding hydrogens is 364 g/mol. The number of hydrogen-bond acceptors (Lipinski definition) is 4. The van der Waals surface area contributed by atoms with Gasteiger partial charge in [0, 0.05) is 63.6 Å². The van der Waals surface area contributed by atoms with Crippen LogP contribution in [0.5, 0.6) is 0 Å². The van der Waals surface area contributed by atoms with Crippen LogP contribution in [0.3, 0.4) is 0 Å². The molecule has 0 N–H and O–H groups in total. The Hall–Kier alpha value is -2.76. The molecule has 2 aromatic rings. The van der Waals surface area contributed by atoms with Crippen LogP contribution in [0.15, 0.2) is 36.5 Å². The van der Waals surface area contributed by atoms with Crippen LogP contribution in [0.4, 0.5) is 0 Å². The highest BCUT2D eigenvalue weighted by molar-refractivity contribution is 5.76. The molecule has 0 saturated carbocycles. The third-order valence-corrected chi connectivity index (χ3v) is 6.01. The SMILES string of the molecule is CC(=O)N1CCC[C@@H](c2ncc3c(n2)CCN(C(=O)CCc2ccccc2)C3)C1. The number of carbonyl (C=O) groups is 2. The van der Waals surface area contributed by atoms with E-state index < -0.39 is 0 Å². The Bertz CT molecular complexity index is 884. The van der Waals surface area contributed by atoms with Crippen LogP contribution in [0, 0.1) is 0 Å². The number of fused-ring (bicyclic) bond motifs is 1. The number of rotatable bonds is 4. The summed E-state index contributed by atoms with van der Waals surface area (Å²) < 4.78 is 0. The lowest BCUT2D eigenvalue weighted by Gasteiger charge is -2.32. The summed E-state index contributed by atoms with van der Waals surface area (Å²) in [6, 6.07) is 10.1. The van der Waals surface area contributed by atoms with E-state index in [1.165, 1.54) is 5.56 Å². The van der Waals surface area contributed by atoms with E-state index in [1.807, 2.05) is 34.2 Å². The minimum Gasteiger partial charge on any atom is -0.342 e. The lowest BCUT2D eigenvalue weighted by atomic mass is 9.96. The second-order valence-electron chi connectivity index (χ2n) is 8.06. The number of hydrogen-bond donors (Lipinski definition) is 0. The zero-order valence-corrected chi connectivity index (χ0v) is 17.0. The van der Waals surface area contributed by atoms with Crippen LogP contribution >= 0.6 is 0 Å². The number of aryl methyl sites for hydroxylation is 1. The van der Waals surface area contributed by atoms with Gasteiger partial charge in [0.2, 0.25) is 11.8 Å². The van der Waals surface area contributed by atoms with Gasteiger partial charge in [0.15, 0.2) is 0 Å². The topological polar surface area (TPSA) is 66.4 Å². The van der Waals surface area contributed by atoms with E-state index in [0.29, 0.717) is 26.1 Å². The summed E-state index contributed by atoms with van der Waals surface area (Å²) in [4.78, 5) is 37.6. The number of benzene rings is 1. The number of piperidine rings is 1. The van der Waals surface area contributed by atoms with Crippen molar-refractivity contribution in [3.63, 3.8) is 0 Å². The van der Waals surface area contributed by atoms with Crippen LogP contribution < -0.4 is 0 Å². The Morgan fingerprint density at radius 1 is 1.14 bits per heavy atom. The maximum Gasteiger partial charge on any atom is 0.223 e. The third kappa shape index (κ3) is 4.63. The Balaban J connectivity index is 1.38. The lowest BCUT2D eigenvalue weighted by molar-refractivity contribution is -0.132. The molecule has 1 aromatic carbocycles. The first-order valence-corrected chi connectivity index (χ1v) is 10.5. The Morgan fingerprint density at radius 3 is 2.76 bits per heavy atom. The molecule has 1 fully saturated rings. The van der Waals surface area contributed by atoms with Gasteiger partial charge < -0.3 is 9.80 Å². The van der Waals surface area contributed by atoms with E-state index in [-0.39, 0.29) is 17.7 Å². The molecule has 0 spiro atoms. The summed E-state index contributed by atoms with van der Waals surface area (Å²) in [5, 5.41) is 0. The van der Waals surface area contributed by atoms with E-state index in [2.05, 4.69) is 17.1 Å². The predicted octanol–water partition coefficient (Wildman–Crippen LogP) is 2.72. The molecule has 1 saturated heterocycles. The second kappa shape index (κ2) is 8.72. The van der Waals surface area contributed by atoms with E-state index in [0.717, 1.165) is 49.3 Å². The first-order valence-electron chi connectivity index (χ1n) is 10.5. The molecule has 2 aliphatic heterocycles. The van der Waals surface area contributed by atoms with Gasteiger partial charge in [-0.2, -0.15) is 0 Å². The number of aromatic nitrogens is 2. The van der Waals surface area contributed by atoms with E-state index in [9.17, 15) is 9.59 Å². The van der Waals surface area contributed by atoms with Gasteiger partial charge in [-0.1, -0.05) is 30.3 Å². The molecule has 4 rings (SSSR count). The molecule has 0 bridgehead atoms. The average Bonchev–Trinajstić information content (AvgIpc) is 2.77. The molecule has 2 amide bonds. The summed E-state index contributed by atoms with van der Waals surface area (Å²) >= 11 is 0. The molecule has 0 aliphatic carbocycles. The highest BCUT2D eigenvalue weighted by atomic mass is 16.2. The van der Waals surface area contributed by atoms with E-state index in [1.54, 1.807) is 6.92 Å². The smallest absolute Gasteiger partial charge is 0.223 e. The van der Waals surface area contributed by atoms with Crippen molar-refractivity contribution in [2.45, 2.75) is 51.5 Å². The molecule has 0 radical (unpaired) electrons. The zero-order valence-electron chi connectivity index (χ0n) is 17.0. The van der Waals surface area contributed by atoms with Crippen molar-refractivity contribution in [2.75, 3.05) is 19.6 Å². The van der Waals surface area contributed by atoms with Crippen molar-refractivity contribution in [1.82, 2.24) is 19.8 Å². The first kappa shape index (κ1) is 19.6. The van der Waals surface area contributed by atoms with Crippen molar-refractivity contribution >= 4 is 11.8 Å². The van der Waals surface area contributed by atoms with Gasteiger partial charge in [-0.15, -0.1) is 0 Å². The molecule has 1 aromatic heterocycles. The van der Waals surface area contributed by atoms with Crippen LogP contribution in [-0.4, -0.2) is 51.2 Å². The summed E-state index contributed by atoms with van der Waals surface area (Å²) in [6.45, 7) is 4.46. The van der Waals surface area contributed by atoms with Crippen LogP contribution in [-0.2, 0) is 29.0 Å². The maximum atomic E-state index is 12.6. The Labute approximate surface area is 172 Å². The molecule has 29 heavy (non-hydrogen) atoms. The summed E-state index contributed by atoms with van der Waals surface area (Å²) in [6.07, 6.45) is 5.97. The monoisotopic (exact) mass is 392 g/mol. The number of likely N-dealkylation sites (tertiary alicyclic amines) is 1. The normalized spacial score (nSPS) is 19.0. The highest BCUT2D eigenvalue weighted by Gasteiger charge is 2.27. The van der Waals surface area contributed by atoms with Gasteiger partial charge >= 0.3 is 0 Å². The van der Waals surface area contributed by atoms with E-state index >= 15 is 0 Å². The minimum atomic E-state index is 0.123. The minimum absolute atomic E-state index is 0.123. The fourth-order valence-electron chi connectivity index (χ4n) is 4.27. The Kier molecular flexibility index (Phi) is 5.88. The zero-order chi connectivity index (χ0) is 20.2. The van der Waals surface area contributed by atoms with Crippen LogP contribution in [0.25, 0.3) is 0 Å². The lowest BCUT2D eigenvalue weighted by Crippen LogP contribution is -2.39. The van der Waals surface area contributed by atoms with Crippen LogP contribution in [0.1, 0.15) is 54.7 Å². The van der Waals surface area contributed by atoms with Crippen molar-refractivity contribution in [3.05, 3.63) is 59.2 Å². The summed E-state index contributed by atoms with van der Waals surface area (Å²) in [7, 11) is 0. The molecular formula is C23H28N4O2. The van der Waals surface area contributed by atoms with Gasteiger partial charge in [0.25, 0.3) is 0 Å². The van der Waals surface area contributed by atoms with Gasteiger partial charge in [-0.05, 0) is 24.8 Å². The fraction of sp³-hybridized carbons (Fsp3) is 0.478. The standard InChI is InChI=1S/C23H28N4O2/c1-17(28)26-12-5-8-19(15-26)23-24-14-20-16-27(13-11-21(20)25-23)22(29)10-9-18-6-3-2-4-7-18/h2-4,6-7,14,19H,5,8-13,15-16H2,1H3/t19-/m1/s1. The predicted molar refractivity (Wildman–Crippen MR) is 110 cm³/mol. The quantitative estimate of drug-likeness (QED) is 0.802.